The number of aliphatic carboxylic acids is 1. The lowest BCUT2D eigenvalue weighted by Gasteiger charge is -2.17. The summed E-state index contributed by atoms with van der Waals surface area (Å²) in [7, 11) is 0. The van der Waals surface area contributed by atoms with E-state index in [1.807, 2.05) is 30.3 Å². The van der Waals surface area contributed by atoms with Crippen LogP contribution in [0.5, 0.6) is 5.75 Å². The Morgan fingerprint density at radius 1 is 1.04 bits per heavy atom. The molecule has 1 fully saturated rings. The second kappa shape index (κ2) is 7.51. The number of nitrogens with zero attached hydrogens (tertiary/aromatic N) is 1. The highest BCUT2D eigenvalue weighted by molar-refractivity contribution is 5.95. The van der Waals surface area contributed by atoms with E-state index in [0.717, 1.165) is 5.56 Å². The first-order chi connectivity index (χ1) is 12.5. The second-order valence-electron chi connectivity index (χ2n) is 6.07. The summed E-state index contributed by atoms with van der Waals surface area (Å²) in [6.07, 6.45) is 0. The van der Waals surface area contributed by atoms with Gasteiger partial charge in [0.25, 0.3) is 5.91 Å². The first kappa shape index (κ1) is 17.8. The van der Waals surface area contributed by atoms with Gasteiger partial charge in [-0.05, 0) is 29.8 Å². The molecular formula is C19H17F2NO4. The van der Waals surface area contributed by atoms with Crippen LogP contribution in [-0.2, 0) is 4.79 Å². The fourth-order valence-corrected chi connectivity index (χ4v) is 3.22. The normalized spacial score (nSPS) is 19.6. The second-order valence-corrected chi connectivity index (χ2v) is 6.07. The maximum absolute atomic E-state index is 12.7. The van der Waals surface area contributed by atoms with Gasteiger partial charge in [0.05, 0.1) is 5.92 Å². The van der Waals surface area contributed by atoms with Crippen LogP contribution in [0.4, 0.5) is 8.78 Å². The largest absolute Gasteiger partial charge is 0.481 e. The maximum Gasteiger partial charge on any atom is 0.387 e. The van der Waals surface area contributed by atoms with Gasteiger partial charge in [0, 0.05) is 24.6 Å². The molecular weight excluding hydrogens is 344 g/mol. The third-order valence-corrected chi connectivity index (χ3v) is 4.48. The maximum atomic E-state index is 12.7. The van der Waals surface area contributed by atoms with Crippen molar-refractivity contribution in [2.45, 2.75) is 12.5 Å². The van der Waals surface area contributed by atoms with Crippen LogP contribution < -0.4 is 4.74 Å². The highest BCUT2D eigenvalue weighted by atomic mass is 19.3. The molecule has 3 rings (SSSR count). The summed E-state index contributed by atoms with van der Waals surface area (Å²) in [6.45, 7) is -2.55. The number of alkyl halides is 2. The summed E-state index contributed by atoms with van der Waals surface area (Å²) >= 11 is 0. The molecule has 0 spiro atoms. The Morgan fingerprint density at radius 2 is 1.69 bits per heavy atom. The van der Waals surface area contributed by atoms with Crippen molar-refractivity contribution in [2.24, 2.45) is 5.92 Å². The van der Waals surface area contributed by atoms with E-state index in [4.69, 9.17) is 0 Å². The average molecular weight is 361 g/mol. The zero-order valence-corrected chi connectivity index (χ0v) is 13.7. The van der Waals surface area contributed by atoms with E-state index >= 15 is 0 Å². The van der Waals surface area contributed by atoms with E-state index in [0.29, 0.717) is 5.56 Å². The first-order valence-electron chi connectivity index (χ1n) is 8.07. The Bertz CT molecular complexity index is 780. The van der Waals surface area contributed by atoms with Crippen LogP contribution in [-0.4, -0.2) is 41.6 Å². The standard InChI is InChI=1S/C19H17F2NO4/c20-19(21)26-14-8-6-13(7-9-14)17(23)22-10-15(16(11-22)18(24)25)12-4-2-1-3-5-12/h1-9,15-16,19H,10-11H2,(H,24,25). The molecule has 2 atom stereocenters. The fraction of sp³-hybridized carbons (Fsp3) is 0.263. The number of carboxylic acid groups (broad SMARTS) is 1. The van der Waals surface area contributed by atoms with Crippen LogP contribution in [0, 0.1) is 5.92 Å². The Kier molecular flexibility index (Phi) is 5.16. The van der Waals surface area contributed by atoms with Gasteiger partial charge in [0.2, 0.25) is 0 Å². The zero-order valence-electron chi connectivity index (χ0n) is 13.7. The topological polar surface area (TPSA) is 66.8 Å². The highest BCUT2D eigenvalue weighted by Crippen LogP contribution is 2.33. The van der Waals surface area contributed by atoms with Crippen molar-refractivity contribution in [3.8, 4) is 5.75 Å². The van der Waals surface area contributed by atoms with Crippen molar-refractivity contribution in [1.82, 2.24) is 4.90 Å². The molecule has 2 aromatic carbocycles. The van der Waals surface area contributed by atoms with Gasteiger partial charge in [-0.15, -0.1) is 0 Å². The summed E-state index contributed by atoms with van der Waals surface area (Å²) < 4.78 is 28.7. The third-order valence-electron chi connectivity index (χ3n) is 4.48. The molecule has 0 radical (unpaired) electrons. The molecule has 7 heteroatoms. The number of hydrogen-bond acceptors (Lipinski definition) is 3. The van der Waals surface area contributed by atoms with Gasteiger partial charge in [-0.2, -0.15) is 8.78 Å². The molecule has 5 nitrogen and oxygen atoms in total. The van der Waals surface area contributed by atoms with E-state index in [1.54, 1.807) is 0 Å². The molecule has 0 aliphatic carbocycles. The minimum atomic E-state index is -2.93. The minimum absolute atomic E-state index is 0.0384. The molecule has 2 aromatic rings. The van der Waals surface area contributed by atoms with Crippen molar-refractivity contribution < 1.29 is 28.2 Å². The summed E-state index contributed by atoms with van der Waals surface area (Å²) in [5.74, 6) is -2.31. The van der Waals surface area contributed by atoms with E-state index in [-0.39, 0.29) is 30.7 Å². The lowest BCUT2D eigenvalue weighted by Crippen LogP contribution is -2.29. The number of amides is 1. The van der Waals surface area contributed by atoms with Crippen molar-refractivity contribution in [3.05, 3.63) is 65.7 Å². The third kappa shape index (κ3) is 3.82. The van der Waals surface area contributed by atoms with Gasteiger partial charge in [-0.3, -0.25) is 9.59 Å². The Balaban J connectivity index is 1.77. The molecule has 26 heavy (non-hydrogen) atoms. The molecule has 1 heterocycles. The number of likely N-dealkylation sites (tertiary alicyclic amines) is 1. The van der Waals surface area contributed by atoms with Gasteiger partial charge in [-0.25, -0.2) is 0 Å². The number of rotatable bonds is 5. The predicted octanol–water partition coefficient (Wildman–Crippen LogP) is 3.23. The Hall–Kier alpha value is -2.96. The molecule has 1 N–H and O–H groups in total. The quantitative estimate of drug-likeness (QED) is 0.888. The van der Waals surface area contributed by atoms with E-state index in [1.165, 1.54) is 29.2 Å². The van der Waals surface area contributed by atoms with Crippen LogP contribution >= 0.6 is 0 Å². The minimum Gasteiger partial charge on any atom is -0.481 e. The first-order valence-corrected chi connectivity index (χ1v) is 8.07. The van der Waals surface area contributed by atoms with E-state index < -0.39 is 18.5 Å². The van der Waals surface area contributed by atoms with Crippen molar-refractivity contribution in [1.29, 1.82) is 0 Å². The molecule has 136 valence electrons. The number of ether oxygens (including phenoxy) is 1. The van der Waals surface area contributed by atoms with Crippen molar-refractivity contribution >= 4 is 11.9 Å². The lowest BCUT2D eigenvalue weighted by atomic mass is 9.89. The van der Waals surface area contributed by atoms with Gasteiger partial charge >= 0.3 is 12.6 Å². The Labute approximate surface area is 148 Å². The van der Waals surface area contributed by atoms with E-state index in [9.17, 15) is 23.5 Å². The number of benzene rings is 2. The molecule has 1 aliphatic rings. The molecule has 0 saturated carbocycles. The van der Waals surface area contributed by atoms with E-state index in [2.05, 4.69) is 4.74 Å². The number of hydrogen-bond donors (Lipinski definition) is 1. The number of carbonyl (C=O) groups excluding carboxylic acids is 1. The van der Waals surface area contributed by atoms with Crippen molar-refractivity contribution in [3.63, 3.8) is 0 Å². The van der Waals surface area contributed by atoms with Crippen LogP contribution in [0.2, 0.25) is 0 Å². The molecule has 2 unspecified atom stereocenters. The number of carbonyl (C=O) groups is 2. The average Bonchev–Trinajstić information content (AvgIpc) is 3.08. The zero-order chi connectivity index (χ0) is 18.7. The smallest absolute Gasteiger partial charge is 0.387 e. The van der Waals surface area contributed by atoms with Crippen LogP contribution in [0.25, 0.3) is 0 Å². The predicted molar refractivity (Wildman–Crippen MR) is 89.3 cm³/mol. The summed E-state index contributed by atoms with van der Waals surface area (Å²) in [4.78, 5) is 25.8. The monoisotopic (exact) mass is 361 g/mol. The molecule has 0 bridgehead atoms. The molecule has 1 aliphatic heterocycles. The van der Waals surface area contributed by atoms with Crippen LogP contribution in [0.15, 0.2) is 54.6 Å². The summed E-state index contributed by atoms with van der Waals surface area (Å²) in [5, 5.41) is 9.51. The molecule has 0 aromatic heterocycles. The van der Waals surface area contributed by atoms with Gasteiger partial charge < -0.3 is 14.7 Å². The van der Waals surface area contributed by atoms with Crippen LogP contribution in [0.3, 0.4) is 0 Å². The number of halogens is 2. The molecule has 1 saturated heterocycles. The van der Waals surface area contributed by atoms with Crippen LogP contribution in [0.1, 0.15) is 21.8 Å². The summed E-state index contributed by atoms with van der Waals surface area (Å²) in [5.41, 5.74) is 1.17. The number of carboxylic acids is 1. The highest BCUT2D eigenvalue weighted by Gasteiger charge is 2.40. The molecule has 1 amide bonds. The Morgan fingerprint density at radius 3 is 2.27 bits per heavy atom. The van der Waals surface area contributed by atoms with Crippen molar-refractivity contribution in [2.75, 3.05) is 13.1 Å². The SMILES string of the molecule is O=C(O)C1CN(C(=O)c2ccc(OC(F)F)cc2)CC1c1ccccc1. The van der Waals surface area contributed by atoms with Gasteiger partial charge in [0.15, 0.2) is 0 Å². The lowest BCUT2D eigenvalue weighted by molar-refractivity contribution is -0.141. The van der Waals surface area contributed by atoms with Gasteiger partial charge in [-0.1, -0.05) is 30.3 Å². The summed E-state index contributed by atoms with van der Waals surface area (Å²) in [6, 6.07) is 14.6. The fourth-order valence-electron chi connectivity index (χ4n) is 3.22. The van der Waals surface area contributed by atoms with Gasteiger partial charge in [0.1, 0.15) is 5.75 Å².